The molecule has 0 aliphatic rings. The Morgan fingerprint density at radius 3 is 2.50 bits per heavy atom. The quantitative estimate of drug-likeness (QED) is 0.760. The van der Waals surface area contributed by atoms with Crippen molar-refractivity contribution in [3.63, 3.8) is 0 Å². The third kappa shape index (κ3) is 2.85. The van der Waals surface area contributed by atoms with Crippen LogP contribution < -0.4 is 10.6 Å². The van der Waals surface area contributed by atoms with Crippen LogP contribution in [0.1, 0.15) is 11.4 Å². The number of nitrogens with zero attached hydrogens (tertiary/aromatic N) is 3. The van der Waals surface area contributed by atoms with Crippen molar-refractivity contribution in [2.45, 2.75) is 13.8 Å². The number of rotatable bonds is 2. The van der Waals surface area contributed by atoms with Crippen LogP contribution in [0.15, 0.2) is 42.5 Å². The highest BCUT2D eigenvalue weighted by Gasteiger charge is 2.08. The summed E-state index contributed by atoms with van der Waals surface area (Å²) in [5.41, 5.74) is 2.20. The van der Waals surface area contributed by atoms with Gasteiger partial charge >= 0.3 is 6.03 Å². The second-order valence-corrected chi connectivity index (χ2v) is 4.91. The molecular formula is C16H15N5O. The average molecular weight is 293 g/mol. The Kier molecular flexibility index (Phi) is 3.65. The minimum absolute atomic E-state index is 0.181. The number of carbonyl (C=O) groups excluding carboxylic acids is 1. The van der Waals surface area contributed by atoms with Crippen molar-refractivity contribution in [3.8, 4) is 0 Å². The molecule has 6 nitrogen and oxygen atoms in total. The largest absolute Gasteiger partial charge is 0.326 e. The molecule has 0 saturated carbocycles. The first-order valence-electron chi connectivity index (χ1n) is 6.87. The zero-order valence-corrected chi connectivity index (χ0v) is 12.3. The number of hydrogen-bond donors (Lipinski definition) is 2. The third-order valence-electron chi connectivity index (χ3n) is 3.36. The molecule has 3 rings (SSSR count). The first-order chi connectivity index (χ1) is 10.6. The Hall–Kier alpha value is -3.02. The second-order valence-electron chi connectivity index (χ2n) is 4.91. The van der Waals surface area contributed by atoms with Crippen molar-refractivity contribution < 1.29 is 4.79 Å². The van der Waals surface area contributed by atoms with Gasteiger partial charge in [-0.1, -0.05) is 36.4 Å². The SMILES string of the molecule is Cc1nnc(NC(=O)Nc2cccc3ccccc23)nc1C. The van der Waals surface area contributed by atoms with E-state index >= 15 is 0 Å². The highest BCUT2D eigenvalue weighted by Crippen LogP contribution is 2.22. The average Bonchev–Trinajstić information content (AvgIpc) is 2.51. The van der Waals surface area contributed by atoms with Crippen LogP contribution in [0.3, 0.4) is 0 Å². The molecule has 6 heteroatoms. The molecule has 1 aromatic heterocycles. The van der Waals surface area contributed by atoms with E-state index in [4.69, 9.17) is 0 Å². The fourth-order valence-corrected chi connectivity index (χ4v) is 2.10. The van der Waals surface area contributed by atoms with Gasteiger partial charge in [0.1, 0.15) is 0 Å². The highest BCUT2D eigenvalue weighted by atomic mass is 16.2. The summed E-state index contributed by atoms with van der Waals surface area (Å²) in [6.07, 6.45) is 0. The molecule has 0 atom stereocenters. The van der Waals surface area contributed by atoms with Crippen LogP contribution in [0.25, 0.3) is 10.8 Å². The molecule has 2 aromatic carbocycles. The summed E-state index contributed by atoms with van der Waals surface area (Å²) in [6.45, 7) is 3.63. The molecule has 0 aliphatic heterocycles. The number of carbonyl (C=O) groups is 1. The summed E-state index contributed by atoms with van der Waals surface area (Å²) in [5, 5.41) is 15.2. The van der Waals surface area contributed by atoms with Crippen LogP contribution in [0.5, 0.6) is 0 Å². The molecule has 1 heterocycles. The third-order valence-corrected chi connectivity index (χ3v) is 3.36. The van der Waals surface area contributed by atoms with Crippen molar-refractivity contribution in [3.05, 3.63) is 53.9 Å². The summed E-state index contributed by atoms with van der Waals surface area (Å²) in [4.78, 5) is 16.3. The van der Waals surface area contributed by atoms with Crippen molar-refractivity contribution in [1.82, 2.24) is 15.2 Å². The van der Waals surface area contributed by atoms with Gasteiger partial charge in [-0.05, 0) is 25.3 Å². The fourth-order valence-electron chi connectivity index (χ4n) is 2.10. The first-order valence-corrected chi connectivity index (χ1v) is 6.87. The van der Waals surface area contributed by atoms with E-state index in [1.807, 2.05) is 56.3 Å². The molecule has 0 fully saturated rings. The fraction of sp³-hybridized carbons (Fsp3) is 0.125. The smallest absolute Gasteiger partial charge is 0.307 e. The lowest BCUT2D eigenvalue weighted by atomic mass is 10.1. The zero-order valence-electron chi connectivity index (χ0n) is 12.3. The number of amides is 2. The maximum atomic E-state index is 12.1. The van der Waals surface area contributed by atoms with Crippen LogP contribution in [-0.4, -0.2) is 21.2 Å². The number of urea groups is 1. The van der Waals surface area contributed by atoms with E-state index in [0.29, 0.717) is 0 Å². The number of hydrogen-bond acceptors (Lipinski definition) is 4. The Morgan fingerprint density at radius 1 is 0.909 bits per heavy atom. The van der Waals surface area contributed by atoms with E-state index in [2.05, 4.69) is 25.8 Å². The monoisotopic (exact) mass is 293 g/mol. The molecule has 22 heavy (non-hydrogen) atoms. The Labute approximate surface area is 127 Å². The normalized spacial score (nSPS) is 10.5. The number of benzene rings is 2. The summed E-state index contributed by atoms with van der Waals surface area (Å²) >= 11 is 0. The van der Waals surface area contributed by atoms with Crippen LogP contribution in [-0.2, 0) is 0 Å². The molecule has 3 aromatic rings. The van der Waals surface area contributed by atoms with E-state index in [9.17, 15) is 4.79 Å². The molecular weight excluding hydrogens is 278 g/mol. The number of aryl methyl sites for hydroxylation is 2. The van der Waals surface area contributed by atoms with Crippen molar-refractivity contribution in [1.29, 1.82) is 0 Å². The van der Waals surface area contributed by atoms with Gasteiger partial charge in [0.2, 0.25) is 0 Å². The van der Waals surface area contributed by atoms with Crippen LogP contribution in [0.2, 0.25) is 0 Å². The molecule has 0 aliphatic carbocycles. The molecule has 0 spiro atoms. The van der Waals surface area contributed by atoms with Gasteiger partial charge in [-0.15, -0.1) is 5.10 Å². The number of anilines is 2. The van der Waals surface area contributed by atoms with Crippen molar-refractivity contribution in [2.75, 3.05) is 10.6 Å². The predicted octanol–water partition coefficient (Wildman–Crippen LogP) is 3.29. The van der Waals surface area contributed by atoms with E-state index < -0.39 is 6.03 Å². The van der Waals surface area contributed by atoms with E-state index in [1.54, 1.807) is 0 Å². The minimum atomic E-state index is -0.401. The van der Waals surface area contributed by atoms with Crippen LogP contribution >= 0.6 is 0 Å². The number of fused-ring (bicyclic) bond motifs is 1. The first kappa shape index (κ1) is 13.9. The van der Waals surface area contributed by atoms with E-state index in [1.165, 1.54) is 0 Å². The molecule has 0 radical (unpaired) electrons. The van der Waals surface area contributed by atoms with Gasteiger partial charge in [0.25, 0.3) is 5.95 Å². The zero-order chi connectivity index (χ0) is 15.5. The van der Waals surface area contributed by atoms with Gasteiger partial charge in [-0.3, -0.25) is 5.32 Å². The lowest BCUT2D eigenvalue weighted by molar-refractivity contribution is 0.262. The van der Waals surface area contributed by atoms with Gasteiger partial charge in [0, 0.05) is 5.39 Å². The van der Waals surface area contributed by atoms with Crippen molar-refractivity contribution >= 4 is 28.4 Å². The minimum Gasteiger partial charge on any atom is -0.307 e. The summed E-state index contributed by atoms with van der Waals surface area (Å²) in [5.74, 6) is 0.181. The Balaban J connectivity index is 1.80. The van der Waals surface area contributed by atoms with Crippen LogP contribution in [0, 0.1) is 13.8 Å². The van der Waals surface area contributed by atoms with Crippen molar-refractivity contribution in [2.24, 2.45) is 0 Å². The molecule has 0 bridgehead atoms. The summed E-state index contributed by atoms with van der Waals surface area (Å²) in [6, 6.07) is 13.2. The number of nitrogens with one attached hydrogen (secondary N) is 2. The lowest BCUT2D eigenvalue weighted by Gasteiger charge is -2.09. The second kappa shape index (κ2) is 5.77. The van der Waals surface area contributed by atoms with Crippen LogP contribution in [0.4, 0.5) is 16.4 Å². The Bertz CT molecular complexity index is 842. The van der Waals surface area contributed by atoms with E-state index in [-0.39, 0.29) is 5.95 Å². The lowest BCUT2D eigenvalue weighted by Crippen LogP contribution is -2.21. The topological polar surface area (TPSA) is 79.8 Å². The molecule has 0 unspecified atom stereocenters. The van der Waals surface area contributed by atoms with Gasteiger partial charge in [-0.2, -0.15) is 5.10 Å². The van der Waals surface area contributed by atoms with E-state index in [0.717, 1.165) is 27.8 Å². The van der Waals surface area contributed by atoms with Gasteiger partial charge in [0.15, 0.2) is 0 Å². The molecule has 0 saturated heterocycles. The molecule has 2 N–H and O–H groups in total. The van der Waals surface area contributed by atoms with Gasteiger partial charge in [-0.25, -0.2) is 9.78 Å². The van der Waals surface area contributed by atoms with Gasteiger partial charge in [0.05, 0.1) is 17.1 Å². The molecule has 110 valence electrons. The highest BCUT2D eigenvalue weighted by molar-refractivity contribution is 6.05. The standard InChI is InChI=1S/C16H15N5O/c1-10-11(2)20-21-15(17-10)19-16(22)18-14-9-5-7-12-6-3-4-8-13(12)14/h3-9H,1-2H3,(H2,17,18,19,21,22). The number of aromatic nitrogens is 3. The van der Waals surface area contributed by atoms with Gasteiger partial charge < -0.3 is 5.32 Å². The summed E-state index contributed by atoms with van der Waals surface area (Å²) in [7, 11) is 0. The Morgan fingerprint density at radius 2 is 1.68 bits per heavy atom. The summed E-state index contributed by atoms with van der Waals surface area (Å²) < 4.78 is 0. The maximum Gasteiger partial charge on any atom is 0.326 e. The maximum absolute atomic E-state index is 12.1. The molecule has 2 amide bonds. The predicted molar refractivity (Wildman–Crippen MR) is 85.9 cm³/mol.